The van der Waals surface area contributed by atoms with Crippen LogP contribution in [0, 0.1) is 6.92 Å². The Hall–Kier alpha value is -1.76. The van der Waals surface area contributed by atoms with Crippen molar-refractivity contribution in [2.24, 2.45) is 0 Å². The SMILES string of the molecule is Cc1ccc2nc(Nc3c(Cl)ccc4nsnc34)sc2c1. The molecular weight excluding hydrogens is 324 g/mol. The molecule has 4 rings (SSSR count). The highest BCUT2D eigenvalue weighted by Gasteiger charge is 2.12. The zero-order valence-corrected chi connectivity index (χ0v) is 13.3. The lowest BCUT2D eigenvalue weighted by molar-refractivity contribution is 1.43. The Morgan fingerprint density at radius 1 is 1.10 bits per heavy atom. The van der Waals surface area contributed by atoms with E-state index < -0.39 is 0 Å². The second-order valence-electron chi connectivity index (χ2n) is 4.67. The Morgan fingerprint density at radius 3 is 2.86 bits per heavy atom. The zero-order valence-electron chi connectivity index (χ0n) is 10.9. The van der Waals surface area contributed by atoms with E-state index in [9.17, 15) is 0 Å². The van der Waals surface area contributed by atoms with Crippen molar-refractivity contribution in [1.29, 1.82) is 0 Å². The quantitative estimate of drug-likeness (QED) is 0.560. The minimum atomic E-state index is 0.616. The van der Waals surface area contributed by atoms with Crippen molar-refractivity contribution in [3.63, 3.8) is 0 Å². The first-order valence-electron chi connectivity index (χ1n) is 6.26. The summed E-state index contributed by atoms with van der Waals surface area (Å²) in [6, 6.07) is 9.91. The molecule has 2 heterocycles. The van der Waals surface area contributed by atoms with Crippen molar-refractivity contribution in [3.05, 3.63) is 40.9 Å². The molecule has 104 valence electrons. The van der Waals surface area contributed by atoms with Crippen LogP contribution in [0.1, 0.15) is 5.56 Å². The van der Waals surface area contributed by atoms with Gasteiger partial charge in [0.25, 0.3) is 0 Å². The van der Waals surface area contributed by atoms with Gasteiger partial charge in [-0.1, -0.05) is 29.0 Å². The Labute approximate surface area is 133 Å². The highest BCUT2D eigenvalue weighted by molar-refractivity contribution is 7.22. The van der Waals surface area contributed by atoms with Crippen molar-refractivity contribution in [2.75, 3.05) is 5.32 Å². The number of benzene rings is 2. The number of aryl methyl sites for hydroxylation is 1. The van der Waals surface area contributed by atoms with E-state index in [4.69, 9.17) is 11.6 Å². The molecule has 0 aliphatic carbocycles. The summed E-state index contributed by atoms with van der Waals surface area (Å²) in [5.41, 5.74) is 4.58. The third-order valence-electron chi connectivity index (χ3n) is 3.15. The number of nitrogens with zero attached hydrogens (tertiary/aromatic N) is 3. The minimum Gasteiger partial charge on any atom is -0.328 e. The van der Waals surface area contributed by atoms with Gasteiger partial charge in [-0.15, -0.1) is 0 Å². The third-order valence-corrected chi connectivity index (χ3v) is 4.94. The number of nitrogens with one attached hydrogen (secondary N) is 1. The first-order chi connectivity index (χ1) is 10.2. The van der Waals surface area contributed by atoms with E-state index in [-0.39, 0.29) is 0 Å². The molecule has 0 aliphatic rings. The number of rotatable bonds is 2. The number of aromatic nitrogens is 3. The second kappa shape index (κ2) is 4.91. The predicted molar refractivity (Wildman–Crippen MR) is 90.1 cm³/mol. The Kier molecular flexibility index (Phi) is 3.02. The van der Waals surface area contributed by atoms with E-state index in [1.54, 1.807) is 11.3 Å². The lowest BCUT2D eigenvalue weighted by atomic mass is 10.2. The number of fused-ring (bicyclic) bond motifs is 2. The van der Waals surface area contributed by atoms with Crippen LogP contribution in [-0.4, -0.2) is 13.7 Å². The number of hydrogen-bond donors (Lipinski definition) is 1. The summed E-state index contributed by atoms with van der Waals surface area (Å²) in [5.74, 6) is 0. The fourth-order valence-corrected chi connectivity index (χ4v) is 3.85. The van der Waals surface area contributed by atoms with Gasteiger partial charge < -0.3 is 5.32 Å². The van der Waals surface area contributed by atoms with E-state index in [0.29, 0.717) is 5.02 Å². The van der Waals surface area contributed by atoms with Gasteiger partial charge in [0.15, 0.2) is 5.13 Å². The van der Waals surface area contributed by atoms with Gasteiger partial charge in [0.1, 0.15) is 11.0 Å². The molecule has 4 nitrogen and oxygen atoms in total. The predicted octanol–water partition coefficient (Wildman–Crippen LogP) is 5.01. The van der Waals surface area contributed by atoms with Gasteiger partial charge >= 0.3 is 0 Å². The minimum absolute atomic E-state index is 0.616. The molecule has 0 unspecified atom stereocenters. The molecular formula is C14H9ClN4S2. The van der Waals surface area contributed by atoms with Gasteiger partial charge in [-0.25, -0.2) is 4.98 Å². The van der Waals surface area contributed by atoms with Crippen LogP contribution in [0.25, 0.3) is 21.3 Å². The summed E-state index contributed by atoms with van der Waals surface area (Å²) in [4.78, 5) is 4.59. The van der Waals surface area contributed by atoms with Crippen LogP contribution in [0.4, 0.5) is 10.8 Å². The van der Waals surface area contributed by atoms with Crippen LogP contribution in [0.3, 0.4) is 0 Å². The van der Waals surface area contributed by atoms with Gasteiger partial charge in [0.05, 0.1) is 32.7 Å². The maximum absolute atomic E-state index is 6.29. The van der Waals surface area contributed by atoms with Crippen LogP contribution in [0.5, 0.6) is 0 Å². The molecule has 0 atom stereocenters. The van der Waals surface area contributed by atoms with E-state index in [1.807, 2.05) is 18.2 Å². The van der Waals surface area contributed by atoms with E-state index in [2.05, 4.69) is 38.1 Å². The standard InChI is InChI=1S/C14H9ClN4S2/c1-7-2-4-9-11(6-7)20-14(16-9)17-12-8(15)3-5-10-13(12)19-21-18-10/h2-6H,1H3,(H,16,17). The molecule has 2 aromatic heterocycles. The zero-order chi connectivity index (χ0) is 14.4. The molecule has 1 N–H and O–H groups in total. The monoisotopic (exact) mass is 332 g/mol. The third kappa shape index (κ3) is 2.25. The highest BCUT2D eigenvalue weighted by atomic mass is 35.5. The summed E-state index contributed by atoms with van der Waals surface area (Å²) >= 11 is 9.06. The fraction of sp³-hybridized carbons (Fsp3) is 0.0714. The molecule has 0 saturated carbocycles. The molecule has 0 saturated heterocycles. The molecule has 0 fully saturated rings. The number of hydrogen-bond acceptors (Lipinski definition) is 6. The normalized spacial score (nSPS) is 11.3. The fourth-order valence-electron chi connectivity index (χ4n) is 2.14. The number of halogens is 1. The first-order valence-corrected chi connectivity index (χ1v) is 8.18. The lowest BCUT2D eigenvalue weighted by Crippen LogP contribution is -1.91. The first kappa shape index (κ1) is 12.9. The summed E-state index contributed by atoms with van der Waals surface area (Å²) in [6.07, 6.45) is 0. The van der Waals surface area contributed by atoms with Crippen LogP contribution in [0.15, 0.2) is 30.3 Å². The smallest absolute Gasteiger partial charge is 0.188 e. The van der Waals surface area contributed by atoms with Crippen molar-refractivity contribution in [3.8, 4) is 0 Å². The molecule has 21 heavy (non-hydrogen) atoms. The number of thiazole rings is 1. The molecule has 0 bridgehead atoms. The van der Waals surface area contributed by atoms with Crippen LogP contribution < -0.4 is 5.32 Å². The van der Waals surface area contributed by atoms with Gasteiger partial charge in [-0.2, -0.15) is 8.75 Å². The van der Waals surface area contributed by atoms with Crippen molar-refractivity contribution in [1.82, 2.24) is 13.7 Å². The van der Waals surface area contributed by atoms with Crippen LogP contribution >= 0.6 is 34.7 Å². The molecule has 0 spiro atoms. The maximum Gasteiger partial charge on any atom is 0.188 e. The summed E-state index contributed by atoms with van der Waals surface area (Å²) in [5, 5.41) is 4.71. The summed E-state index contributed by atoms with van der Waals surface area (Å²) < 4.78 is 9.69. The largest absolute Gasteiger partial charge is 0.328 e. The highest BCUT2D eigenvalue weighted by Crippen LogP contribution is 2.35. The Morgan fingerprint density at radius 2 is 1.95 bits per heavy atom. The molecule has 2 aromatic carbocycles. The summed E-state index contributed by atoms with van der Waals surface area (Å²) in [7, 11) is 0. The molecule has 0 radical (unpaired) electrons. The van der Waals surface area contributed by atoms with E-state index in [0.717, 1.165) is 32.1 Å². The number of anilines is 2. The van der Waals surface area contributed by atoms with Crippen molar-refractivity contribution < 1.29 is 0 Å². The molecule has 4 aromatic rings. The van der Waals surface area contributed by atoms with Gasteiger partial charge in [-0.3, -0.25) is 0 Å². The Bertz CT molecular complexity index is 960. The van der Waals surface area contributed by atoms with Crippen LogP contribution in [0.2, 0.25) is 5.02 Å². The molecule has 0 aliphatic heterocycles. The van der Waals surface area contributed by atoms with Gasteiger partial charge in [0.2, 0.25) is 0 Å². The van der Waals surface area contributed by atoms with Crippen molar-refractivity contribution >= 4 is 66.7 Å². The van der Waals surface area contributed by atoms with Crippen LogP contribution in [-0.2, 0) is 0 Å². The molecule has 7 heteroatoms. The van der Waals surface area contributed by atoms with Gasteiger partial charge in [-0.05, 0) is 36.8 Å². The summed E-state index contributed by atoms with van der Waals surface area (Å²) in [6.45, 7) is 2.07. The maximum atomic E-state index is 6.29. The Balaban J connectivity index is 1.82. The average Bonchev–Trinajstić information content (AvgIpc) is 3.07. The molecule has 0 amide bonds. The topological polar surface area (TPSA) is 50.7 Å². The van der Waals surface area contributed by atoms with E-state index >= 15 is 0 Å². The second-order valence-corrected chi connectivity index (χ2v) is 6.64. The van der Waals surface area contributed by atoms with E-state index in [1.165, 1.54) is 17.3 Å². The van der Waals surface area contributed by atoms with Crippen molar-refractivity contribution in [2.45, 2.75) is 6.92 Å². The average molecular weight is 333 g/mol. The lowest BCUT2D eigenvalue weighted by Gasteiger charge is -2.05. The van der Waals surface area contributed by atoms with Gasteiger partial charge in [0, 0.05) is 0 Å².